The first-order valence-electron chi connectivity index (χ1n) is 5.03. The summed E-state index contributed by atoms with van der Waals surface area (Å²) in [4.78, 5) is 0. The zero-order valence-electron chi connectivity index (χ0n) is 8.63. The van der Waals surface area contributed by atoms with Gasteiger partial charge >= 0.3 is 0 Å². The van der Waals surface area contributed by atoms with Gasteiger partial charge in [0.15, 0.2) is 0 Å². The van der Waals surface area contributed by atoms with E-state index in [1.807, 2.05) is 6.92 Å². The van der Waals surface area contributed by atoms with Crippen LogP contribution in [0.4, 0.5) is 4.39 Å². The Balaban J connectivity index is 2.88. The molecule has 0 spiro atoms. The van der Waals surface area contributed by atoms with Crippen molar-refractivity contribution >= 4 is 11.6 Å². The van der Waals surface area contributed by atoms with Crippen LogP contribution in [0.2, 0.25) is 5.02 Å². The van der Waals surface area contributed by atoms with Crippen LogP contribution in [-0.4, -0.2) is 0 Å². The zero-order valence-corrected chi connectivity index (χ0v) is 9.39. The van der Waals surface area contributed by atoms with Crippen molar-refractivity contribution in [1.82, 2.24) is 0 Å². The molecule has 0 aliphatic carbocycles. The molecule has 0 saturated heterocycles. The maximum Gasteiger partial charge on any atom is 0.129 e. The van der Waals surface area contributed by atoms with E-state index in [1.165, 1.54) is 6.07 Å². The molecule has 0 saturated carbocycles. The summed E-state index contributed by atoms with van der Waals surface area (Å²) in [6.07, 6.45) is 2.64. The lowest BCUT2D eigenvalue weighted by molar-refractivity contribution is 0.582. The van der Waals surface area contributed by atoms with E-state index in [9.17, 15) is 4.39 Å². The van der Waals surface area contributed by atoms with Crippen LogP contribution in [0.15, 0.2) is 18.2 Å². The molecule has 0 amide bonds. The number of nitriles is 1. The Morgan fingerprint density at radius 3 is 2.80 bits per heavy atom. The fourth-order valence-electron chi connectivity index (χ4n) is 1.48. The molecule has 1 nitrogen and oxygen atoms in total. The second-order valence-corrected chi connectivity index (χ2v) is 3.93. The summed E-state index contributed by atoms with van der Waals surface area (Å²) in [6, 6.07) is 6.61. The van der Waals surface area contributed by atoms with E-state index in [2.05, 4.69) is 6.07 Å². The van der Waals surface area contributed by atoms with Gasteiger partial charge < -0.3 is 0 Å². The topological polar surface area (TPSA) is 23.8 Å². The molecule has 1 aromatic rings. The van der Waals surface area contributed by atoms with Crippen molar-refractivity contribution in [2.24, 2.45) is 0 Å². The maximum atomic E-state index is 13.5. The van der Waals surface area contributed by atoms with Crippen molar-refractivity contribution in [3.05, 3.63) is 34.6 Å². The Bertz CT molecular complexity index is 370. The third-order valence-corrected chi connectivity index (χ3v) is 2.58. The van der Waals surface area contributed by atoms with Crippen molar-refractivity contribution in [2.45, 2.75) is 32.1 Å². The van der Waals surface area contributed by atoms with E-state index in [0.717, 1.165) is 12.8 Å². The molecule has 0 aromatic heterocycles. The minimum absolute atomic E-state index is 0.359. The van der Waals surface area contributed by atoms with Crippen LogP contribution in [0.5, 0.6) is 0 Å². The van der Waals surface area contributed by atoms with Crippen molar-refractivity contribution < 1.29 is 4.39 Å². The minimum Gasteiger partial charge on any atom is -0.207 e. The van der Waals surface area contributed by atoms with E-state index in [4.69, 9.17) is 16.9 Å². The monoisotopic (exact) mass is 225 g/mol. The van der Waals surface area contributed by atoms with E-state index in [0.29, 0.717) is 17.0 Å². The van der Waals surface area contributed by atoms with Gasteiger partial charge in [0.1, 0.15) is 5.82 Å². The second kappa shape index (κ2) is 5.72. The Hall–Kier alpha value is -1.07. The second-order valence-electron chi connectivity index (χ2n) is 3.49. The third kappa shape index (κ3) is 3.21. The average molecular weight is 226 g/mol. The first-order chi connectivity index (χ1) is 7.19. The van der Waals surface area contributed by atoms with Gasteiger partial charge in [0, 0.05) is 10.6 Å². The van der Waals surface area contributed by atoms with Crippen LogP contribution in [-0.2, 0) is 0 Å². The Morgan fingerprint density at radius 1 is 1.53 bits per heavy atom. The van der Waals surface area contributed by atoms with Crippen LogP contribution in [0.1, 0.15) is 37.7 Å². The van der Waals surface area contributed by atoms with Crippen LogP contribution in [0.3, 0.4) is 0 Å². The lowest BCUT2D eigenvalue weighted by atomic mass is 9.95. The van der Waals surface area contributed by atoms with Gasteiger partial charge in [-0.25, -0.2) is 4.39 Å². The molecule has 1 aromatic carbocycles. The molecule has 1 unspecified atom stereocenters. The van der Waals surface area contributed by atoms with E-state index in [-0.39, 0.29) is 11.7 Å². The number of halogens is 2. The van der Waals surface area contributed by atoms with Gasteiger partial charge in [-0.2, -0.15) is 5.26 Å². The number of unbranched alkanes of at least 4 members (excludes halogenated alkanes) is 1. The van der Waals surface area contributed by atoms with Gasteiger partial charge in [-0.15, -0.1) is 0 Å². The fourth-order valence-corrected chi connectivity index (χ4v) is 1.64. The molecule has 0 bridgehead atoms. The smallest absolute Gasteiger partial charge is 0.129 e. The van der Waals surface area contributed by atoms with Crippen molar-refractivity contribution in [2.75, 3.05) is 0 Å². The molecule has 0 aliphatic heterocycles. The van der Waals surface area contributed by atoms with Gasteiger partial charge in [0.05, 0.1) is 12.0 Å². The van der Waals surface area contributed by atoms with E-state index < -0.39 is 0 Å². The van der Waals surface area contributed by atoms with Gasteiger partial charge in [-0.1, -0.05) is 37.4 Å². The van der Waals surface area contributed by atoms with E-state index >= 15 is 0 Å². The summed E-state index contributed by atoms with van der Waals surface area (Å²) in [7, 11) is 0. The van der Waals surface area contributed by atoms with Gasteiger partial charge in [0.25, 0.3) is 0 Å². The lowest BCUT2D eigenvalue weighted by Crippen LogP contribution is -1.99. The summed E-state index contributed by atoms with van der Waals surface area (Å²) in [5, 5.41) is 9.31. The molecule has 80 valence electrons. The Kier molecular flexibility index (Phi) is 4.58. The maximum absolute atomic E-state index is 13.5. The zero-order chi connectivity index (χ0) is 11.3. The normalized spacial score (nSPS) is 12.1. The summed E-state index contributed by atoms with van der Waals surface area (Å²) >= 11 is 5.65. The molecule has 0 heterocycles. The number of nitrogens with zero attached hydrogens (tertiary/aromatic N) is 1. The molecule has 15 heavy (non-hydrogen) atoms. The van der Waals surface area contributed by atoms with Gasteiger partial charge in [0.2, 0.25) is 0 Å². The first-order valence-corrected chi connectivity index (χ1v) is 5.41. The largest absolute Gasteiger partial charge is 0.207 e. The first kappa shape index (κ1) is 12.0. The Labute approximate surface area is 94.5 Å². The van der Waals surface area contributed by atoms with Crippen LogP contribution < -0.4 is 0 Å². The van der Waals surface area contributed by atoms with Gasteiger partial charge in [-0.05, 0) is 18.6 Å². The lowest BCUT2D eigenvalue weighted by Gasteiger charge is -2.09. The molecule has 0 aliphatic rings. The average Bonchev–Trinajstić information content (AvgIpc) is 2.21. The number of rotatable bonds is 4. The number of hydrogen-bond acceptors (Lipinski definition) is 1. The predicted molar refractivity (Wildman–Crippen MR) is 59.3 cm³/mol. The summed E-state index contributed by atoms with van der Waals surface area (Å²) in [5.41, 5.74) is 0.454. The summed E-state index contributed by atoms with van der Waals surface area (Å²) < 4.78 is 13.5. The highest BCUT2D eigenvalue weighted by molar-refractivity contribution is 6.30. The molecule has 3 heteroatoms. The van der Waals surface area contributed by atoms with Gasteiger partial charge in [-0.3, -0.25) is 0 Å². The minimum atomic E-state index is -0.384. The Morgan fingerprint density at radius 2 is 2.27 bits per heavy atom. The SMILES string of the molecule is CCCCC(C#N)c1ccc(Cl)cc1F. The quantitative estimate of drug-likeness (QED) is 0.751. The molecular weight excluding hydrogens is 213 g/mol. The van der Waals surface area contributed by atoms with Crippen LogP contribution in [0, 0.1) is 17.1 Å². The summed E-state index contributed by atoms with van der Waals surface area (Å²) in [5.74, 6) is -0.743. The predicted octanol–water partition coefficient (Wildman–Crippen LogP) is 4.28. The standard InChI is InChI=1S/C12H13ClFN/c1-2-3-4-9(8-15)11-6-5-10(13)7-12(11)14/h5-7,9H,2-4H2,1H3. The highest BCUT2D eigenvalue weighted by Gasteiger charge is 2.14. The molecular formula is C12H13ClFN. The van der Waals surface area contributed by atoms with Crippen LogP contribution >= 0.6 is 11.6 Å². The van der Waals surface area contributed by atoms with Crippen molar-refractivity contribution in [1.29, 1.82) is 5.26 Å². The number of benzene rings is 1. The van der Waals surface area contributed by atoms with Crippen LogP contribution in [0.25, 0.3) is 0 Å². The van der Waals surface area contributed by atoms with E-state index in [1.54, 1.807) is 12.1 Å². The number of hydrogen-bond donors (Lipinski definition) is 0. The summed E-state index contributed by atoms with van der Waals surface area (Å²) in [6.45, 7) is 2.05. The third-order valence-electron chi connectivity index (χ3n) is 2.34. The molecule has 0 N–H and O–H groups in total. The molecule has 1 rings (SSSR count). The molecule has 0 radical (unpaired) electrons. The van der Waals surface area contributed by atoms with Crippen molar-refractivity contribution in [3.63, 3.8) is 0 Å². The highest BCUT2D eigenvalue weighted by Crippen LogP contribution is 2.25. The molecule has 1 atom stereocenters. The molecule has 0 fully saturated rings. The highest BCUT2D eigenvalue weighted by atomic mass is 35.5. The fraction of sp³-hybridized carbons (Fsp3) is 0.417. The van der Waals surface area contributed by atoms with Crippen molar-refractivity contribution in [3.8, 4) is 6.07 Å².